The van der Waals surface area contributed by atoms with Crippen LogP contribution >= 0.6 is 0 Å². The molecule has 2 aromatic carbocycles. The van der Waals surface area contributed by atoms with Crippen molar-refractivity contribution in [3.05, 3.63) is 58.9 Å². The Morgan fingerprint density at radius 1 is 1.21 bits per heavy atom. The van der Waals surface area contributed by atoms with Gasteiger partial charge < -0.3 is 10.0 Å². The van der Waals surface area contributed by atoms with Gasteiger partial charge in [0.05, 0.1) is 12.1 Å². The zero-order valence-corrected chi connectivity index (χ0v) is 20.0. The number of halogens is 1. The Balaban J connectivity index is 1.55. The van der Waals surface area contributed by atoms with Crippen LogP contribution in [0.1, 0.15) is 62.8 Å². The number of aryl methyl sites for hydroxylation is 1. The average molecular weight is 451 g/mol. The van der Waals surface area contributed by atoms with Crippen LogP contribution < -0.4 is 0 Å². The van der Waals surface area contributed by atoms with Gasteiger partial charge in [-0.1, -0.05) is 51.5 Å². The molecule has 2 atom stereocenters. The molecule has 0 radical (unpaired) electrons. The number of amides is 1. The molecule has 4 nitrogen and oxygen atoms in total. The van der Waals surface area contributed by atoms with Crippen LogP contribution in [0.15, 0.2) is 36.4 Å². The number of piperidine rings is 3. The Morgan fingerprint density at radius 2 is 1.97 bits per heavy atom. The Kier molecular flexibility index (Phi) is 5.72. The molecule has 2 aromatic rings. The van der Waals surface area contributed by atoms with E-state index in [-0.39, 0.29) is 23.3 Å². The summed E-state index contributed by atoms with van der Waals surface area (Å²) in [5.41, 5.74) is 4.37. The van der Waals surface area contributed by atoms with Crippen molar-refractivity contribution >= 4 is 6.09 Å². The van der Waals surface area contributed by atoms with Crippen LogP contribution in [0.2, 0.25) is 0 Å². The molecule has 3 fully saturated rings. The zero-order chi connectivity index (χ0) is 23.3. The van der Waals surface area contributed by atoms with Crippen molar-refractivity contribution in [2.75, 3.05) is 19.6 Å². The quantitative estimate of drug-likeness (QED) is 0.595. The Morgan fingerprint density at radius 3 is 2.61 bits per heavy atom. The average Bonchev–Trinajstić information content (AvgIpc) is 3.04. The van der Waals surface area contributed by atoms with E-state index in [0.717, 1.165) is 68.4 Å². The number of hydrogen-bond acceptors (Lipinski definition) is 2. The lowest BCUT2D eigenvalue weighted by Crippen LogP contribution is -2.60. The molecule has 1 N–H and O–H groups in total. The smallest absolute Gasteiger partial charge is 0.408 e. The molecule has 6 rings (SSSR count). The van der Waals surface area contributed by atoms with E-state index < -0.39 is 6.09 Å². The van der Waals surface area contributed by atoms with Crippen LogP contribution in [0, 0.1) is 17.2 Å². The van der Waals surface area contributed by atoms with Crippen LogP contribution in [-0.4, -0.2) is 46.7 Å². The van der Waals surface area contributed by atoms with Crippen LogP contribution in [0.25, 0.3) is 11.1 Å². The minimum absolute atomic E-state index is 0.0197. The van der Waals surface area contributed by atoms with E-state index in [1.54, 1.807) is 11.0 Å². The second-order valence-corrected chi connectivity index (χ2v) is 10.9. The molecule has 1 amide bonds. The number of carboxylic acid groups (broad SMARTS) is 1. The summed E-state index contributed by atoms with van der Waals surface area (Å²) in [7, 11) is 0. The molecular weight excluding hydrogens is 415 g/mol. The standard InChI is InChI=1S/C28H35FN2O2/c1-4-6-18-7-5-8-20(13-18)22-14-21-16-28(2,3)26(23(21)15-24(22)29)31(27(32)33)25-17-30-11-9-19(25)10-12-30/h5,7-8,13-15,19,25-26H,4,6,9-12,16-17H2,1-3H3,(H,32,33)/t25-,26+/m1/s1. The highest BCUT2D eigenvalue weighted by Gasteiger charge is 2.50. The fourth-order valence-electron chi connectivity index (χ4n) is 6.67. The van der Waals surface area contributed by atoms with Gasteiger partial charge in [0.1, 0.15) is 5.82 Å². The molecule has 1 aliphatic carbocycles. The van der Waals surface area contributed by atoms with Gasteiger partial charge in [-0.05, 0) is 84.5 Å². The van der Waals surface area contributed by atoms with Gasteiger partial charge in [0, 0.05) is 12.1 Å². The van der Waals surface area contributed by atoms with Crippen LogP contribution in [0.3, 0.4) is 0 Å². The zero-order valence-electron chi connectivity index (χ0n) is 20.0. The maximum absolute atomic E-state index is 15.6. The van der Waals surface area contributed by atoms with Crippen molar-refractivity contribution in [1.82, 2.24) is 9.80 Å². The molecule has 3 heterocycles. The highest BCUT2D eigenvalue weighted by Crippen LogP contribution is 2.52. The van der Waals surface area contributed by atoms with Gasteiger partial charge in [0.25, 0.3) is 0 Å². The van der Waals surface area contributed by atoms with Crippen molar-refractivity contribution in [2.24, 2.45) is 11.3 Å². The second kappa shape index (κ2) is 8.43. The molecule has 3 saturated heterocycles. The van der Waals surface area contributed by atoms with Gasteiger partial charge in [-0.15, -0.1) is 0 Å². The first-order valence-electron chi connectivity index (χ1n) is 12.4. The molecule has 33 heavy (non-hydrogen) atoms. The first-order valence-corrected chi connectivity index (χ1v) is 12.4. The van der Waals surface area contributed by atoms with E-state index in [0.29, 0.717) is 11.5 Å². The van der Waals surface area contributed by atoms with Crippen molar-refractivity contribution < 1.29 is 14.3 Å². The molecule has 0 saturated carbocycles. The van der Waals surface area contributed by atoms with Crippen molar-refractivity contribution in [2.45, 2.75) is 65.0 Å². The molecule has 5 heteroatoms. The van der Waals surface area contributed by atoms with Gasteiger partial charge in [-0.2, -0.15) is 0 Å². The maximum atomic E-state index is 15.6. The summed E-state index contributed by atoms with van der Waals surface area (Å²) < 4.78 is 15.6. The summed E-state index contributed by atoms with van der Waals surface area (Å²) in [5, 5.41) is 10.4. The van der Waals surface area contributed by atoms with Crippen molar-refractivity contribution in [1.29, 1.82) is 0 Å². The van der Waals surface area contributed by atoms with E-state index in [1.165, 1.54) is 5.56 Å². The summed E-state index contributed by atoms with van der Waals surface area (Å²) in [6, 6.07) is 11.4. The lowest BCUT2D eigenvalue weighted by atomic mass is 9.79. The van der Waals surface area contributed by atoms with E-state index >= 15 is 4.39 Å². The summed E-state index contributed by atoms with van der Waals surface area (Å²) in [4.78, 5) is 16.7. The molecule has 4 aliphatic rings. The minimum atomic E-state index is -0.878. The molecule has 0 spiro atoms. The van der Waals surface area contributed by atoms with Gasteiger partial charge in [0.2, 0.25) is 0 Å². The highest BCUT2D eigenvalue weighted by molar-refractivity contribution is 5.70. The Hall–Kier alpha value is -2.40. The predicted molar refractivity (Wildman–Crippen MR) is 129 cm³/mol. The topological polar surface area (TPSA) is 43.8 Å². The Labute approximate surface area is 196 Å². The number of rotatable bonds is 5. The van der Waals surface area contributed by atoms with Gasteiger partial charge in [-0.25, -0.2) is 9.18 Å². The molecule has 176 valence electrons. The summed E-state index contributed by atoms with van der Waals surface area (Å²) in [6.07, 6.45) is 4.00. The highest BCUT2D eigenvalue weighted by atomic mass is 19.1. The summed E-state index contributed by atoms with van der Waals surface area (Å²) in [6.45, 7) is 9.34. The third-order valence-electron chi connectivity index (χ3n) is 8.16. The number of hydrogen-bond donors (Lipinski definition) is 1. The van der Waals surface area contributed by atoms with E-state index in [1.807, 2.05) is 18.2 Å². The van der Waals surface area contributed by atoms with Gasteiger partial charge in [0.15, 0.2) is 0 Å². The fraction of sp³-hybridized carbons (Fsp3) is 0.536. The molecular formula is C28H35FN2O2. The number of fused-ring (bicyclic) bond motifs is 4. The largest absolute Gasteiger partial charge is 0.465 e. The molecule has 3 aliphatic heterocycles. The third-order valence-corrected chi connectivity index (χ3v) is 8.16. The fourth-order valence-corrected chi connectivity index (χ4v) is 6.67. The normalized spacial score (nSPS) is 27.4. The van der Waals surface area contributed by atoms with Crippen LogP contribution in [-0.2, 0) is 12.8 Å². The predicted octanol–water partition coefficient (Wildman–Crippen LogP) is 6.14. The Bertz CT molecular complexity index is 1060. The molecule has 0 unspecified atom stereocenters. The first kappa shape index (κ1) is 22.4. The second-order valence-electron chi connectivity index (χ2n) is 10.9. The first-order chi connectivity index (χ1) is 15.8. The molecule has 2 bridgehead atoms. The molecule has 0 aromatic heterocycles. The van der Waals surface area contributed by atoms with E-state index in [9.17, 15) is 9.90 Å². The third kappa shape index (κ3) is 3.95. The van der Waals surface area contributed by atoms with Crippen LogP contribution in [0.4, 0.5) is 9.18 Å². The van der Waals surface area contributed by atoms with E-state index in [4.69, 9.17) is 0 Å². The lowest BCUT2D eigenvalue weighted by molar-refractivity contribution is -0.0267. The number of nitrogens with zero attached hydrogens (tertiary/aromatic N) is 2. The van der Waals surface area contributed by atoms with Crippen molar-refractivity contribution in [3.8, 4) is 11.1 Å². The maximum Gasteiger partial charge on any atom is 0.408 e. The number of benzene rings is 2. The van der Waals surface area contributed by atoms with Crippen molar-refractivity contribution in [3.63, 3.8) is 0 Å². The number of carbonyl (C=O) groups is 1. The van der Waals surface area contributed by atoms with Gasteiger partial charge >= 0.3 is 6.09 Å². The lowest BCUT2D eigenvalue weighted by Gasteiger charge is -2.51. The van der Waals surface area contributed by atoms with Crippen LogP contribution in [0.5, 0.6) is 0 Å². The SMILES string of the molecule is CCCc1cccc(-c2cc3c(cc2F)[C@H](N(C(=O)O)[C@@H]2CN4CCC2CC4)C(C)(C)C3)c1. The van der Waals surface area contributed by atoms with E-state index in [2.05, 4.69) is 37.8 Å². The monoisotopic (exact) mass is 450 g/mol. The van der Waals surface area contributed by atoms with Gasteiger partial charge in [-0.3, -0.25) is 4.90 Å². The summed E-state index contributed by atoms with van der Waals surface area (Å²) >= 11 is 0. The summed E-state index contributed by atoms with van der Waals surface area (Å²) in [5.74, 6) is 0.140. The minimum Gasteiger partial charge on any atom is -0.465 e.